The van der Waals surface area contributed by atoms with Crippen LogP contribution in [0.2, 0.25) is 0 Å². The summed E-state index contributed by atoms with van der Waals surface area (Å²) in [4.78, 5) is 15.7. The predicted molar refractivity (Wildman–Crippen MR) is 71.9 cm³/mol. The molecule has 1 aromatic carbocycles. The van der Waals surface area contributed by atoms with Gasteiger partial charge in [-0.2, -0.15) is 0 Å². The maximum absolute atomic E-state index is 11.0. The molecule has 0 atom stereocenters. The SMILES string of the molecule is O=C(O)c1cc(N2CCN(C3CC3)CC2)ccc1O. The minimum atomic E-state index is -1.09. The van der Waals surface area contributed by atoms with Crippen LogP contribution in [0.4, 0.5) is 5.69 Å². The second kappa shape index (κ2) is 4.74. The van der Waals surface area contributed by atoms with E-state index in [1.54, 1.807) is 12.1 Å². The van der Waals surface area contributed by atoms with Crippen LogP contribution < -0.4 is 4.90 Å². The van der Waals surface area contributed by atoms with Gasteiger partial charge in [0, 0.05) is 37.9 Å². The van der Waals surface area contributed by atoms with E-state index < -0.39 is 5.97 Å². The number of phenols is 1. The Hall–Kier alpha value is -1.75. The van der Waals surface area contributed by atoms with E-state index in [1.165, 1.54) is 18.9 Å². The maximum Gasteiger partial charge on any atom is 0.339 e. The molecule has 0 bridgehead atoms. The average molecular weight is 262 g/mol. The number of piperazine rings is 1. The lowest BCUT2D eigenvalue weighted by Crippen LogP contribution is -2.47. The van der Waals surface area contributed by atoms with Crippen LogP contribution in [0.3, 0.4) is 0 Å². The molecule has 0 spiro atoms. The highest BCUT2D eigenvalue weighted by Crippen LogP contribution is 2.29. The summed E-state index contributed by atoms with van der Waals surface area (Å²) in [5.74, 6) is -1.26. The van der Waals surface area contributed by atoms with Crippen molar-refractivity contribution in [1.82, 2.24) is 4.90 Å². The Bertz CT molecular complexity index is 491. The zero-order valence-electron chi connectivity index (χ0n) is 10.7. The van der Waals surface area contributed by atoms with Crippen LogP contribution in [-0.2, 0) is 0 Å². The number of aromatic hydroxyl groups is 1. The van der Waals surface area contributed by atoms with E-state index in [4.69, 9.17) is 5.11 Å². The summed E-state index contributed by atoms with van der Waals surface area (Å²) in [6, 6.07) is 5.60. The lowest BCUT2D eigenvalue weighted by molar-refractivity contribution is 0.0694. The van der Waals surface area contributed by atoms with Gasteiger partial charge in [0.1, 0.15) is 11.3 Å². The van der Waals surface area contributed by atoms with Crippen molar-refractivity contribution in [2.45, 2.75) is 18.9 Å². The number of rotatable bonds is 3. The summed E-state index contributed by atoms with van der Waals surface area (Å²) in [6.07, 6.45) is 2.64. The van der Waals surface area contributed by atoms with E-state index in [9.17, 15) is 9.90 Å². The Labute approximate surface area is 112 Å². The first-order valence-electron chi connectivity index (χ1n) is 6.70. The van der Waals surface area contributed by atoms with Crippen molar-refractivity contribution in [3.8, 4) is 5.75 Å². The van der Waals surface area contributed by atoms with Gasteiger partial charge in [-0.25, -0.2) is 4.79 Å². The molecule has 5 nitrogen and oxygen atoms in total. The number of hydrogen-bond acceptors (Lipinski definition) is 4. The first-order valence-corrected chi connectivity index (χ1v) is 6.70. The molecule has 1 saturated heterocycles. The Morgan fingerprint density at radius 1 is 1.16 bits per heavy atom. The molecule has 0 amide bonds. The molecule has 1 aliphatic carbocycles. The number of carboxylic acid groups (broad SMARTS) is 1. The molecule has 19 heavy (non-hydrogen) atoms. The van der Waals surface area contributed by atoms with Gasteiger partial charge in [0.2, 0.25) is 0 Å². The second-order valence-electron chi connectivity index (χ2n) is 5.26. The molecule has 0 unspecified atom stereocenters. The third-order valence-corrected chi connectivity index (χ3v) is 3.95. The molecule has 2 N–H and O–H groups in total. The third kappa shape index (κ3) is 2.51. The van der Waals surface area contributed by atoms with Gasteiger partial charge >= 0.3 is 5.97 Å². The highest BCUT2D eigenvalue weighted by molar-refractivity contribution is 5.92. The number of nitrogens with zero attached hydrogens (tertiary/aromatic N) is 2. The van der Waals surface area contributed by atoms with E-state index in [2.05, 4.69) is 9.80 Å². The van der Waals surface area contributed by atoms with Gasteiger partial charge in [-0.05, 0) is 31.0 Å². The Morgan fingerprint density at radius 2 is 1.84 bits per heavy atom. The van der Waals surface area contributed by atoms with Crippen molar-refractivity contribution in [2.75, 3.05) is 31.1 Å². The lowest BCUT2D eigenvalue weighted by atomic mass is 10.1. The smallest absolute Gasteiger partial charge is 0.339 e. The van der Waals surface area contributed by atoms with Crippen LogP contribution in [0, 0.1) is 0 Å². The summed E-state index contributed by atoms with van der Waals surface area (Å²) >= 11 is 0. The largest absolute Gasteiger partial charge is 0.507 e. The number of carboxylic acids is 1. The van der Waals surface area contributed by atoms with Gasteiger partial charge in [-0.1, -0.05) is 0 Å². The average Bonchev–Trinajstić information content (AvgIpc) is 3.23. The quantitative estimate of drug-likeness (QED) is 0.861. The van der Waals surface area contributed by atoms with E-state index in [-0.39, 0.29) is 11.3 Å². The minimum Gasteiger partial charge on any atom is -0.507 e. The molecule has 5 heteroatoms. The molecular weight excluding hydrogens is 244 g/mol. The summed E-state index contributed by atoms with van der Waals surface area (Å²) in [6.45, 7) is 3.91. The van der Waals surface area contributed by atoms with E-state index >= 15 is 0 Å². The van der Waals surface area contributed by atoms with Gasteiger partial charge in [-0.3, -0.25) is 4.90 Å². The standard InChI is InChI=1S/C14H18N2O3/c17-13-4-3-11(9-12(13)14(18)19)16-7-5-15(6-8-16)10-1-2-10/h3-4,9-10,17H,1-2,5-8H2,(H,18,19). The molecule has 1 heterocycles. The van der Waals surface area contributed by atoms with Crippen molar-refractivity contribution in [2.24, 2.45) is 0 Å². The molecule has 2 fully saturated rings. The topological polar surface area (TPSA) is 64.0 Å². The van der Waals surface area contributed by atoms with Crippen LogP contribution in [0.25, 0.3) is 0 Å². The highest BCUT2D eigenvalue weighted by atomic mass is 16.4. The Kier molecular flexibility index (Phi) is 3.06. The van der Waals surface area contributed by atoms with Crippen LogP contribution >= 0.6 is 0 Å². The molecule has 1 aliphatic heterocycles. The molecule has 0 aromatic heterocycles. The van der Waals surface area contributed by atoms with Gasteiger partial charge < -0.3 is 15.1 Å². The van der Waals surface area contributed by atoms with Crippen LogP contribution in [0.1, 0.15) is 23.2 Å². The third-order valence-electron chi connectivity index (χ3n) is 3.95. The van der Waals surface area contributed by atoms with Crippen LogP contribution in [0.15, 0.2) is 18.2 Å². The normalized spacial score (nSPS) is 20.5. The summed E-state index contributed by atoms with van der Waals surface area (Å²) < 4.78 is 0. The van der Waals surface area contributed by atoms with E-state index in [0.717, 1.165) is 37.9 Å². The number of carbonyl (C=O) groups is 1. The van der Waals surface area contributed by atoms with Crippen molar-refractivity contribution < 1.29 is 15.0 Å². The predicted octanol–water partition coefficient (Wildman–Crippen LogP) is 1.37. The molecule has 0 radical (unpaired) electrons. The van der Waals surface area contributed by atoms with Gasteiger partial charge in [0.05, 0.1) is 0 Å². The van der Waals surface area contributed by atoms with Crippen molar-refractivity contribution in [3.63, 3.8) is 0 Å². The molecule has 3 rings (SSSR count). The minimum absolute atomic E-state index is 0.0258. The Balaban J connectivity index is 1.72. The number of anilines is 1. The molecule has 102 valence electrons. The zero-order chi connectivity index (χ0) is 13.4. The number of benzene rings is 1. The number of hydrogen-bond donors (Lipinski definition) is 2. The van der Waals surface area contributed by atoms with Crippen molar-refractivity contribution in [1.29, 1.82) is 0 Å². The highest BCUT2D eigenvalue weighted by Gasteiger charge is 2.31. The Morgan fingerprint density at radius 3 is 2.42 bits per heavy atom. The molecule has 1 aromatic rings. The van der Waals surface area contributed by atoms with E-state index in [0.29, 0.717) is 0 Å². The fraction of sp³-hybridized carbons (Fsp3) is 0.500. The molecular formula is C14H18N2O3. The lowest BCUT2D eigenvalue weighted by Gasteiger charge is -2.36. The first kappa shape index (κ1) is 12.3. The van der Waals surface area contributed by atoms with Gasteiger partial charge in [0.15, 0.2) is 0 Å². The monoisotopic (exact) mass is 262 g/mol. The zero-order valence-corrected chi connectivity index (χ0v) is 10.7. The fourth-order valence-corrected chi connectivity index (χ4v) is 2.68. The maximum atomic E-state index is 11.0. The van der Waals surface area contributed by atoms with Crippen molar-refractivity contribution >= 4 is 11.7 Å². The summed E-state index contributed by atoms with van der Waals surface area (Å²) in [5, 5.41) is 18.5. The van der Waals surface area contributed by atoms with Crippen molar-refractivity contribution in [3.05, 3.63) is 23.8 Å². The first-order chi connectivity index (χ1) is 9.15. The summed E-state index contributed by atoms with van der Waals surface area (Å²) in [7, 11) is 0. The van der Waals surface area contributed by atoms with Crippen LogP contribution in [0.5, 0.6) is 5.75 Å². The van der Waals surface area contributed by atoms with Crippen LogP contribution in [-0.4, -0.2) is 53.3 Å². The molecule has 2 aliphatic rings. The van der Waals surface area contributed by atoms with Gasteiger partial charge in [0.25, 0.3) is 0 Å². The van der Waals surface area contributed by atoms with Gasteiger partial charge in [-0.15, -0.1) is 0 Å². The summed E-state index contributed by atoms with van der Waals surface area (Å²) in [5.41, 5.74) is 0.854. The fourth-order valence-electron chi connectivity index (χ4n) is 2.68. The number of aromatic carboxylic acids is 1. The molecule has 1 saturated carbocycles. The second-order valence-corrected chi connectivity index (χ2v) is 5.26. The van der Waals surface area contributed by atoms with E-state index in [1.807, 2.05) is 0 Å².